The highest BCUT2D eigenvalue weighted by molar-refractivity contribution is 6.00. The molecule has 108 valence electrons. The Balaban J connectivity index is 1.86. The highest BCUT2D eigenvalue weighted by atomic mass is 16.1. The lowest BCUT2D eigenvalue weighted by Crippen LogP contribution is -2.50. The van der Waals surface area contributed by atoms with Crippen LogP contribution >= 0.6 is 0 Å². The summed E-state index contributed by atoms with van der Waals surface area (Å²) in [4.78, 5) is 13.0. The number of Topliss-reactive ketones (excluding diaryl/α,β-unsaturated/α-hetero) is 1. The van der Waals surface area contributed by atoms with Crippen molar-refractivity contribution in [1.82, 2.24) is 5.32 Å². The molecule has 2 aliphatic heterocycles. The molecule has 0 saturated carbocycles. The van der Waals surface area contributed by atoms with Crippen LogP contribution in [-0.2, 0) is 0 Å². The molecule has 2 nitrogen and oxygen atoms in total. The first-order valence-corrected chi connectivity index (χ1v) is 7.92. The van der Waals surface area contributed by atoms with Gasteiger partial charge in [-0.1, -0.05) is 24.1 Å². The van der Waals surface area contributed by atoms with Gasteiger partial charge in [0.2, 0.25) is 0 Å². The molecule has 2 heteroatoms. The zero-order valence-corrected chi connectivity index (χ0v) is 12.8. The van der Waals surface area contributed by atoms with E-state index in [-0.39, 0.29) is 5.92 Å². The molecular formula is C18H25NO. The first kappa shape index (κ1) is 13.8. The molecule has 0 radical (unpaired) electrons. The summed E-state index contributed by atoms with van der Waals surface area (Å²) in [5.74, 6) is 0.616. The van der Waals surface area contributed by atoms with E-state index in [4.69, 9.17) is 0 Å². The number of benzene rings is 1. The molecule has 0 spiro atoms. The number of hydrogen-bond donors (Lipinski definition) is 1. The number of carbonyl (C=O) groups is 1. The zero-order valence-electron chi connectivity index (χ0n) is 12.8. The van der Waals surface area contributed by atoms with Crippen molar-refractivity contribution in [3.63, 3.8) is 0 Å². The van der Waals surface area contributed by atoms with E-state index in [1.54, 1.807) is 0 Å². The third-order valence-corrected chi connectivity index (χ3v) is 5.01. The molecule has 2 saturated heterocycles. The first-order chi connectivity index (χ1) is 9.54. The lowest BCUT2D eigenvalue weighted by atomic mass is 9.76. The summed E-state index contributed by atoms with van der Waals surface area (Å²) in [5, 5.41) is 3.68. The van der Waals surface area contributed by atoms with Gasteiger partial charge in [-0.15, -0.1) is 0 Å². The highest BCUT2D eigenvalue weighted by Crippen LogP contribution is 2.33. The number of piperidine rings is 2. The van der Waals surface area contributed by atoms with Crippen LogP contribution in [0.2, 0.25) is 0 Å². The van der Waals surface area contributed by atoms with Crippen molar-refractivity contribution < 1.29 is 4.79 Å². The second-order valence-corrected chi connectivity index (χ2v) is 6.80. The normalized spacial score (nSPS) is 29.2. The van der Waals surface area contributed by atoms with Crippen LogP contribution in [0.25, 0.3) is 0 Å². The summed E-state index contributed by atoms with van der Waals surface area (Å²) in [6, 6.07) is 5.43. The molecule has 1 N–H and O–H groups in total. The molecule has 1 aromatic carbocycles. The van der Waals surface area contributed by atoms with Gasteiger partial charge in [-0.3, -0.25) is 4.79 Å². The molecule has 0 amide bonds. The largest absolute Gasteiger partial charge is 0.311 e. The molecule has 2 atom stereocenters. The maximum absolute atomic E-state index is 13.0. The van der Waals surface area contributed by atoms with Gasteiger partial charge in [0.1, 0.15) is 0 Å². The number of fused-ring (bicyclic) bond motifs is 2. The van der Waals surface area contributed by atoms with Crippen molar-refractivity contribution in [2.75, 3.05) is 0 Å². The molecule has 2 bridgehead atoms. The van der Waals surface area contributed by atoms with Crippen LogP contribution in [0.5, 0.6) is 0 Å². The number of carbonyl (C=O) groups excluding carboxylic acids is 1. The fraction of sp³-hybridized carbons (Fsp3) is 0.611. The molecule has 2 unspecified atom stereocenters. The molecule has 20 heavy (non-hydrogen) atoms. The van der Waals surface area contributed by atoms with Gasteiger partial charge in [0.05, 0.1) is 0 Å². The Morgan fingerprint density at radius 2 is 1.60 bits per heavy atom. The third-order valence-electron chi connectivity index (χ3n) is 5.01. The van der Waals surface area contributed by atoms with Gasteiger partial charge < -0.3 is 5.32 Å². The van der Waals surface area contributed by atoms with Crippen molar-refractivity contribution in [2.45, 2.75) is 65.0 Å². The summed E-state index contributed by atoms with van der Waals surface area (Å²) in [6.07, 6.45) is 5.87. The summed E-state index contributed by atoms with van der Waals surface area (Å²) >= 11 is 0. The summed E-state index contributed by atoms with van der Waals surface area (Å²) in [5.41, 5.74) is 4.53. The number of rotatable bonds is 2. The Morgan fingerprint density at radius 1 is 1.05 bits per heavy atom. The third kappa shape index (κ3) is 2.54. The topological polar surface area (TPSA) is 29.1 Å². The first-order valence-electron chi connectivity index (χ1n) is 7.92. The number of ketones is 1. The van der Waals surface area contributed by atoms with E-state index in [9.17, 15) is 4.79 Å². The van der Waals surface area contributed by atoms with E-state index in [1.807, 2.05) is 0 Å². The average Bonchev–Trinajstić information content (AvgIpc) is 2.36. The fourth-order valence-corrected chi connectivity index (χ4v) is 4.25. The minimum Gasteiger partial charge on any atom is -0.311 e. The van der Waals surface area contributed by atoms with Gasteiger partial charge in [-0.05, 0) is 57.6 Å². The van der Waals surface area contributed by atoms with Gasteiger partial charge >= 0.3 is 0 Å². The molecule has 0 aliphatic carbocycles. The molecule has 2 heterocycles. The average molecular weight is 271 g/mol. The predicted molar refractivity (Wildman–Crippen MR) is 82.3 cm³/mol. The van der Waals surface area contributed by atoms with Gasteiger partial charge in [0.15, 0.2) is 5.78 Å². The number of aryl methyl sites for hydroxylation is 3. The van der Waals surface area contributed by atoms with Crippen molar-refractivity contribution in [3.8, 4) is 0 Å². The molecule has 2 aliphatic rings. The Labute approximate surface area is 122 Å². The quantitative estimate of drug-likeness (QED) is 0.831. The van der Waals surface area contributed by atoms with Crippen LogP contribution < -0.4 is 5.32 Å². The van der Waals surface area contributed by atoms with Crippen LogP contribution in [-0.4, -0.2) is 17.9 Å². The van der Waals surface area contributed by atoms with E-state index >= 15 is 0 Å². The monoisotopic (exact) mass is 271 g/mol. The smallest absolute Gasteiger partial charge is 0.166 e. The second-order valence-electron chi connectivity index (χ2n) is 6.80. The molecule has 0 aromatic heterocycles. The zero-order chi connectivity index (χ0) is 14.3. The van der Waals surface area contributed by atoms with Gasteiger partial charge in [-0.2, -0.15) is 0 Å². The van der Waals surface area contributed by atoms with Crippen molar-refractivity contribution in [2.24, 2.45) is 5.92 Å². The SMILES string of the molecule is Cc1cc(C)c(C(=O)C2CC3CCCC(C2)N3)c(C)c1. The predicted octanol–water partition coefficient (Wildman–Crippen LogP) is 3.72. The maximum atomic E-state index is 13.0. The van der Waals surface area contributed by atoms with Gasteiger partial charge in [-0.25, -0.2) is 0 Å². The van der Waals surface area contributed by atoms with Gasteiger partial charge in [0.25, 0.3) is 0 Å². The Bertz CT molecular complexity index is 499. The standard InChI is InChI=1S/C18H25NO/c1-11-7-12(2)17(13(3)8-11)18(20)14-9-15-5-4-6-16(10-14)19-15/h7-8,14-16,19H,4-6,9-10H2,1-3H3. The van der Waals surface area contributed by atoms with E-state index in [2.05, 4.69) is 38.2 Å². The summed E-state index contributed by atoms with van der Waals surface area (Å²) in [7, 11) is 0. The van der Waals surface area contributed by atoms with Crippen LogP contribution in [0.15, 0.2) is 12.1 Å². The lowest BCUT2D eigenvalue weighted by Gasteiger charge is -2.40. The number of hydrogen-bond acceptors (Lipinski definition) is 2. The van der Waals surface area contributed by atoms with Crippen LogP contribution in [0.3, 0.4) is 0 Å². The minimum absolute atomic E-state index is 0.228. The van der Waals surface area contributed by atoms with Crippen LogP contribution in [0.1, 0.15) is 59.2 Å². The van der Waals surface area contributed by atoms with E-state index in [0.717, 1.165) is 29.5 Å². The van der Waals surface area contributed by atoms with Crippen molar-refractivity contribution in [3.05, 3.63) is 34.4 Å². The van der Waals surface area contributed by atoms with Crippen LogP contribution in [0.4, 0.5) is 0 Å². The van der Waals surface area contributed by atoms with E-state index in [1.165, 1.54) is 24.8 Å². The molecule has 3 rings (SSSR count). The fourth-order valence-electron chi connectivity index (χ4n) is 4.25. The van der Waals surface area contributed by atoms with E-state index in [0.29, 0.717) is 17.9 Å². The molecule has 2 fully saturated rings. The maximum Gasteiger partial charge on any atom is 0.166 e. The van der Waals surface area contributed by atoms with Crippen LogP contribution in [0, 0.1) is 26.7 Å². The van der Waals surface area contributed by atoms with Crippen molar-refractivity contribution in [1.29, 1.82) is 0 Å². The van der Waals surface area contributed by atoms with E-state index < -0.39 is 0 Å². The van der Waals surface area contributed by atoms with Crippen molar-refractivity contribution >= 4 is 5.78 Å². The summed E-state index contributed by atoms with van der Waals surface area (Å²) < 4.78 is 0. The Morgan fingerprint density at radius 3 is 2.15 bits per heavy atom. The molecule has 1 aromatic rings. The minimum atomic E-state index is 0.228. The Kier molecular flexibility index (Phi) is 3.68. The molecular weight excluding hydrogens is 246 g/mol. The highest BCUT2D eigenvalue weighted by Gasteiger charge is 2.35. The number of nitrogens with one attached hydrogen (secondary N) is 1. The van der Waals surface area contributed by atoms with Gasteiger partial charge in [0, 0.05) is 23.6 Å². The summed E-state index contributed by atoms with van der Waals surface area (Å²) in [6.45, 7) is 6.26. The lowest BCUT2D eigenvalue weighted by molar-refractivity contribution is 0.0824. The second kappa shape index (κ2) is 5.33. The Hall–Kier alpha value is -1.15.